The number of hydrogen-bond acceptors (Lipinski definition) is 5. The lowest BCUT2D eigenvalue weighted by molar-refractivity contribution is -0.121. The third-order valence-corrected chi connectivity index (χ3v) is 5.59. The summed E-state index contributed by atoms with van der Waals surface area (Å²) in [7, 11) is 0. The van der Waals surface area contributed by atoms with E-state index in [9.17, 15) is 9.59 Å². The lowest BCUT2D eigenvalue weighted by atomic mass is 9.93. The summed E-state index contributed by atoms with van der Waals surface area (Å²) in [5.74, 6) is 0.234. The van der Waals surface area contributed by atoms with Crippen LogP contribution < -0.4 is 10.2 Å². The van der Waals surface area contributed by atoms with Gasteiger partial charge in [0.15, 0.2) is 0 Å². The van der Waals surface area contributed by atoms with Crippen molar-refractivity contribution in [3.05, 3.63) is 71.3 Å². The Hall–Kier alpha value is -3.48. The second kappa shape index (κ2) is 6.84. The number of rotatable bonds is 3. The Bertz CT molecular complexity index is 1060. The van der Waals surface area contributed by atoms with Gasteiger partial charge in [0, 0.05) is 12.8 Å². The zero-order chi connectivity index (χ0) is 20.0. The number of anilines is 2. The molecule has 29 heavy (non-hydrogen) atoms. The molecule has 7 nitrogen and oxygen atoms in total. The number of aromatic nitrogens is 3. The third-order valence-electron chi connectivity index (χ3n) is 5.59. The summed E-state index contributed by atoms with van der Waals surface area (Å²) in [4.78, 5) is 30.0. The van der Waals surface area contributed by atoms with Crippen molar-refractivity contribution in [2.75, 3.05) is 10.2 Å². The van der Waals surface area contributed by atoms with Gasteiger partial charge in [-0.2, -0.15) is 4.98 Å². The Morgan fingerprint density at radius 2 is 1.62 bits per heavy atom. The van der Waals surface area contributed by atoms with Gasteiger partial charge in [0.25, 0.3) is 5.95 Å². The highest BCUT2D eigenvalue weighted by Crippen LogP contribution is 2.39. The molecule has 146 valence electrons. The number of hydrogen-bond donors (Lipinski definition) is 1. The number of aryl methyl sites for hydroxylation is 1. The van der Waals surface area contributed by atoms with Crippen LogP contribution in [0.25, 0.3) is 0 Å². The molecule has 0 unspecified atom stereocenters. The number of carbonyl (C=O) groups is 2. The number of nitrogens with one attached hydrogen (secondary N) is 1. The molecule has 0 radical (unpaired) electrons. The minimum atomic E-state index is -0.246. The van der Waals surface area contributed by atoms with E-state index >= 15 is 0 Å². The summed E-state index contributed by atoms with van der Waals surface area (Å²) < 4.78 is 1.80. The first-order valence-electron chi connectivity index (χ1n) is 9.80. The van der Waals surface area contributed by atoms with Crippen molar-refractivity contribution in [2.24, 2.45) is 0 Å². The molecule has 1 fully saturated rings. The second-order valence-electron chi connectivity index (χ2n) is 7.57. The molecular weight excluding hydrogens is 366 g/mol. The molecule has 0 spiro atoms. The summed E-state index contributed by atoms with van der Waals surface area (Å²) in [6.07, 6.45) is 1.21. The zero-order valence-electron chi connectivity index (χ0n) is 16.1. The maximum absolute atomic E-state index is 12.2. The van der Waals surface area contributed by atoms with E-state index in [-0.39, 0.29) is 42.7 Å². The van der Waals surface area contributed by atoms with Crippen molar-refractivity contribution < 1.29 is 9.59 Å². The summed E-state index contributed by atoms with van der Waals surface area (Å²) in [5, 5.41) is 8.01. The molecule has 3 aromatic rings. The van der Waals surface area contributed by atoms with Gasteiger partial charge in [0.05, 0.1) is 12.1 Å². The Kier molecular flexibility index (Phi) is 4.16. The van der Waals surface area contributed by atoms with Crippen LogP contribution in [0.15, 0.2) is 54.6 Å². The molecular formula is C22H21N5O2. The lowest BCUT2D eigenvalue weighted by Gasteiger charge is -2.31. The van der Waals surface area contributed by atoms with Crippen molar-refractivity contribution in [3.8, 4) is 0 Å². The van der Waals surface area contributed by atoms with E-state index in [0.29, 0.717) is 5.95 Å². The molecule has 0 saturated carbocycles. The molecule has 0 bridgehead atoms. The molecule has 2 aliphatic heterocycles. The Balaban J connectivity index is 1.57. The number of fused-ring (bicyclic) bond motifs is 1. The van der Waals surface area contributed by atoms with Gasteiger partial charge < -0.3 is 5.32 Å². The van der Waals surface area contributed by atoms with Gasteiger partial charge in [-0.05, 0) is 24.5 Å². The van der Waals surface area contributed by atoms with Crippen LogP contribution in [0.2, 0.25) is 0 Å². The van der Waals surface area contributed by atoms with Crippen molar-refractivity contribution in [1.29, 1.82) is 0 Å². The van der Waals surface area contributed by atoms with Gasteiger partial charge in [-0.15, -0.1) is 5.10 Å². The fourth-order valence-corrected chi connectivity index (χ4v) is 4.03. The average Bonchev–Trinajstić information content (AvgIpc) is 3.30. The summed E-state index contributed by atoms with van der Waals surface area (Å²) in [6, 6.07) is 18.6. The van der Waals surface area contributed by atoms with Crippen LogP contribution in [-0.4, -0.2) is 26.6 Å². The molecule has 5 rings (SSSR count). The zero-order valence-corrected chi connectivity index (χ0v) is 16.1. The first-order valence-corrected chi connectivity index (χ1v) is 9.80. The molecule has 2 aromatic carbocycles. The number of amides is 2. The van der Waals surface area contributed by atoms with Crippen molar-refractivity contribution in [2.45, 2.75) is 38.3 Å². The van der Waals surface area contributed by atoms with Gasteiger partial charge in [0.2, 0.25) is 17.8 Å². The van der Waals surface area contributed by atoms with E-state index in [4.69, 9.17) is 0 Å². The molecule has 0 aliphatic carbocycles. The van der Waals surface area contributed by atoms with Gasteiger partial charge in [-0.25, -0.2) is 9.58 Å². The van der Waals surface area contributed by atoms with Crippen LogP contribution >= 0.6 is 0 Å². The predicted octanol–water partition coefficient (Wildman–Crippen LogP) is 3.39. The third kappa shape index (κ3) is 3.08. The van der Waals surface area contributed by atoms with E-state index in [0.717, 1.165) is 16.9 Å². The first kappa shape index (κ1) is 17.6. The van der Waals surface area contributed by atoms with Crippen LogP contribution in [0.4, 0.5) is 11.9 Å². The SMILES string of the molecule is Cc1ccc([C@H]2C[C@H](c3ccccc3)n3nc(N4C(=O)CCC4=O)nc3N2)cc1. The maximum atomic E-state index is 12.2. The molecule has 1 saturated heterocycles. The highest BCUT2D eigenvalue weighted by atomic mass is 16.2. The van der Waals surface area contributed by atoms with Crippen LogP contribution in [0.5, 0.6) is 0 Å². The molecule has 2 amide bonds. The van der Waals surface area contributed by atoms with Crippen molar-refractivity contribution >= 4 is 23.7 Å². The smallest absolute Gasteiger partial charge is 0.260 e. The summed E-state index contributed by atoms with van der Waals surface area (Å²) in [5.41, 5.74) is 3.49. The number of nitrogens with zero attached hydrogens (tertiary/aromatic N) is 4. The predicted molar refractivity (Wildman–Crippen MR) is 108 cm³/mol. The normalized spacial score (nSPS) is 21.2. The minimum absolute atomic E-state index is 0.0483. The quantitative estimate of drug-likeness (QED) is 0.697. The minimum Gasteiger partial charge on any atom is -0.347 e. The molecule has 3 heterocycles. The Morgan fingerprint density at radius 1 is 0.931 bits per heavy atom. The maximum Gasteiger partial charge on any atom is 0.260 e. The van der Waals surface area contributed by atoms with E-state index in [1.807, 2.05) is 18.2 Å². The highest BCUT2D eigenvalue weighted by Gasteiger charge is 2.37. The Morgan fingerprint density at radius 3 is 2.31 bits per heavy atom. The molecule has 1 N–H and O–H groups in total. The first-order chi connectivity index (χ1) is 14.1. The van der Waals surface area contributed by atoms with Crippen LogP contribution in [0.1, 0.15) is 48.0 Å². The number of imide groups is 1. The van der Waals surface area contributed by atoms with Crippen LogP contribution in [0, 0.1) is 6.92 Å². The van der Waals surface area contributed by atoms with Gasteiger partial charge >= 0.3 is 0 Å². The van der Waals surface area contributed by atoms with Gasteiger partial charge in [0.1, 0.15) is 0 Å². The molecule has 7 heteroatoms. The van der Waals surface area contributed by atoms with E-state index in [1.54, 1.807) is 4.68 Å². The summed E-state index contributed by atoms with van der Waals surface area (Å²) in [6.45, 7) is 2.07. The second-order valence-corrected chi connectivity index (χ2v) is 7.57. The molecule has 2 atom stereocenters. The topological polar surface area (TPSA) is 80.1 Å². The fourth-order valence-electron chi connectivity index (χ4n) is 4.03. The van der Waals surface area contributed by atoms with Gasteiger partial charge in [-0.1, -0.05) is 60.2 Å². The fraction of sp³-hybridized carbons (Fsp3) is 0.273. The molecule has 2 aliphatic rings. The van der Waals surface area contributed by atoms with Crippen LogP contribution in [-0.2, 0) is 9.59 Å². The summed E-state index contributed by atoms with van der Waals surface area (Å²) >= 11 is 0. The monoisotopic (exact) mass is 387 g/mol. The van der Waals surface area contributed by atoms with Crippen LogP contribution in [0.3, 0.4) is 0 Å². The van der Waals surface area contributed by atoms with Crippen molar-refractivity contribution in [1.82, 2.24) is 14.8 Å². The molecule has 1 aromatic heterocycles. The van der Waals surface area contributed by atoms with Gasteiger partial charge in [-0.3, -0.25) is 9.59 Å². The lowest BCUT2D eigenvalue weighted by Crippen LogP contribution is -2.30. The average molecular weight is 387 g/mol. The number of benzene rings is 2. The standard InChI is InChI=1S/C22H21N5O2/c1-14-7-9-15(10-8-14)17-13-18(16-5-3-2-4-6-16)27-21(23-17)24-22(25-27)26-19(28)11-12-20(26)29/h2-10,17-18H,11-13H2,1H3,(H,23,24,25)/t17-,18-/m1/s1. The Labute approximate surface area is 168 Å². The van der Waals surface area contributed by atoms with E-state index in [1.165, 1.54) is 11.1 Å². The number of carbonyl (C=O) groups excluding carboxylic acids is 2. The van der Waals surface area contributed by atoms with Crippen molar-refractivity contribution in [3.63, 3.8) is 0 Å². The largest absolute Gasteiger partial charge is 0.347 e. The van der Waals surface area contributed by atoms with E-state index < -0.39 is 0 Å². The highest BCUT2D eigenvalue weighted by molar-refractivity contribution is 6.18. The van der Waals surface area contributed by atoms with E-state index in [2.05, 4.69) is 58.7 Å².